The number of para-hydroxylation sites is 1. The zero-order valence-corrected chi connectivity index (χ0v) is 91.6. The number of carbonyl (C=O) groups excluding carboxylic acids is 5. The second-order valence-electron chi connectivity index (χ2n) is 31.8. The Bertz CT molecular complexity index is 6660. The number of carbonyl (C=O) groups is 5. The molecule has 0 saturated carbocycles. The van der Waals surface area contributed by atoms with Crippen molar-refractivity contribution < 1.29 is 150 Å². The van der Waals surface area contributed by atoms with Gasteiger partial charge in [0.15, 0.2) is 28.9 Å². The first kappa shape index (κ1) is 117. The zero-order valence-electron chi connectivity index (χ0n) is 78.8. The molecule has 21 heteroatoms. The monoisotopic (exact) mass is 2710 g/mol. The first-order valence-corrected chi connectivity index (χ1v) is 43.0. The van der Waals surface area contributed by atoms with E-state index in [4.69, 9.17) is 35.5 Å². The van der Waals surface area contributed by atoms with Gasteiger partial charge in [-0.1, -0.05) is 198 Å². The number of allylic oxidation sites excluding steroid dienone is 10. The number of nitrogens with zero attached hydrogens (tertiary/aromatic N) is 5. The van der Waals surface area contributed by atoms with Gasteiger partial charge in [-0.25, -0.2) is 0 Å². The number of rotatable bonds is 10. The maximum Gasteiger partial charge on any atom is 0.155 e. The number of aryl methyl sites for hydroxylation is 7. The second kappa shape index (κ2) is 57.9. The van der Waals surface area contributed by atoms with Gasteiger partial charge in [0.2, 0.25) is 0 Å². The minimum atomic E-state index is -0.125. The molecule has 0 aliphatic heterocycles. The molecule has 5 radical (unpaired) electrons. The van der Waals surface area contributed by atoms with Crippen molar-refractivity contribution in [2.45, 2.75) is 137 Å². The van der Waals surface area contributed by atoms with E-state index < -0.39 is 0 Å². The van der Waals surface area contributed by atoms with Crippen LogP contribution in [0.5, 0.6) is 0 Å². The third kappa shape index (κ3) is 37.1. The van der Waals surface area contributed by atoms with Crippen molar-refractivity contribution in [2.75, 3.05) is 0 Å². The summed E-state index contributed by atoms with van der Waals surface area (Å²) >= 11 is 1.74. The molecule has 0 saturated heterocycles. The normalized spacial score (nSPS) is 11.2. The van der Waals surface area contributed by atoms with Crippen LogP contribution in [0.1, 0.15) is 133 Å². The Morgan fingerprint density at radius 2 is 0.844 bits per heavy atom. The number of hydrogen-bond acceptors (Lipinski definition) is 16. The van der Waals surface area contributed by atoms with Crippen LogP contribution in [-0.2, 0) is 130 Å². The molecule has 6 aromatic heterocycles. The summed E-state index contributed by atoms with van der Waals surface area (Å²) in [6.45, 7) is 33.6. The summed E-state index contributed by atoms with van der Waals surface area (Å²) in [5, 5.41) is 52.2. The van der Waals surface area contributed by atoms with Crippen molar-refractivity contribution in [3.05, 3.63) is 400 Å². The van der Waals surface area contributed by atoms with Gasteiger partial charge >= 0.3 is 0 Å². The minimum Gasteiger partial charge on any atom is -0.512 e. The first-order valence-electron chi connectivity index (χ1n) is 42.1. The van der Waals surface area contributed by atoms with Crippen LogP contribution in [0, 0.1) is 78.8 Å². The average molecular weight is 2700 g/mol. The van der Waals surface area contributed by atoms with E-state index in [0.717, 1.165) is 78.3 Å². The van der Waals surface area contributed by atoms with Crippen LogP contribution >= 0.6 is 11.3 Å². The van der Waals surface area contributed by atoms with Gasteiger partial charge in [-0.05, 0) is 197 Å². The fraction of sp³-hybridized carbons (Fsp3) is 0.175. The third-order valence-electron chi connectivity index (χ3n) is 19.8. The number of pyridine rings is 5. The van der Waals surface area contributed by atoms with Gasteiger partial charge in [0.25, 0.3) is 0 Å². The maximum absolute atomic E-state index is 10.0. The molecule has 17 rings (SSSR count). The number of aliphatic hydroxyl groups is 5. The van der Waals surface area contributed by atoms with Crippen LogP contribution in [-0.4, -0.2) is 79.4 Å². The van der Waals surface area contributed by atoms with Crippen molar-refractivity contribution in [1.82, 2.24) is 24.9 Å². The molecule has 10 aromatic carbocycles. The van der Waals surface area contributed by atoms with E-state index in [9.17, 15) is 24.0 Å². The van der Waals surface area contributed by atoms with E-state index in [0.29, 0.717) is 0 Å². The number of thiophene rings is 1. The molecule has 0 amide bonds. The van der Waals surface area contributed by atoms with Gasteiger partial charge in [-0.3, -0.25) is 38.9 Å². The molecule has 0 atom stereocenters. The number of aliphatic hydroxyl groups excluding tert-OH is 5. The number of fused-ring (bicyclic) bond motifs is 8. The standard InChI is InChI=1S/C24H18N.C19H18N.C17H14N.C16H12N.C13H8NS.5C5H8O2.5Ir/c1-24(2)20-9-5-4-8-18(20)19-13-11-17(15-21(19)24)23-14-12-16-7-3-6-10-22(16)25-23;1-12-7-13(2)9-17(8-12)18-6-5-16-10-14(3)15(4)11-19(16)20-18;1-12-7-8-15(11-13(12)2)17-16-6-4-3-5-14(16)9-10-18-17;1-12-10-13-6-2-3-7-14(13)11-15(12)16-8-4-5-9-17-16;1-2-4-10(5-3-1)13-11-7-9-15-12(11)6-8-14-13;5*1-4(6)3-5(2)7;;;;;/h3-10,12-15H,1-2H3;5-8,10-11H,1-4H3;3-7,9-11H,1-2H3;2-10H,1H3;1-4,6-9H;5*3,6H,1-2H3;;;;;/q5*-1;;;;;;;;;;. The summed E-state index contributed by atoms with van der Waals surface area (Å²) in [6.07, 6.45) is 11.4. The Kier molecular flexibility index (Phi) is 50.3. The summed E-state index contributed by atoms with van der Waals surface area (Å²) in [5.74, 6) is -0.312. The third-order valence-corrected chi connectivity index (χ3v) is 20.7. The quantitative estimate of drug-likeness (QED) is 0.0485. The van der Waals surface area contributed by atoms with Gasteiger partial charge in [0.05, 0.1) is 39.8 Å². The van der Waals surface area contributed by atoms with Gasteiger partial charge in [0, 0.05) is 160 Å². The van der Waals surface area contributed by atoms with Crippen LogP contribution < -0.4 is 0 Å². The molecule has 16 aromatic rings. The molecule has 0 spiro atoms. The van der Waals surface area contributed by atoms with Crippen LogP contribution in [0.4, 0.5) is 0 Å². The summed E-state index contributed by atoms with van der Waals surface area (Å²) in [4.78, 5) is 73.1. The Morgan fingerprint density at radius 1 is 0.348 bits per heavy atom. The van der Waals surface area contributed by atoms with Crippen molar-refractivity contribution in [3.8, 4) is 67.4 Å². The Hall–Kier alpha value is -11.8. The summed E-state index contributed by atoms with van der Waals surface area (Å²) in [5.41, 5.74) is 26.5. The van der Waals surface area contributed by atoms with Crippen LogP contribution in [0.25, 0.3) is 121 Å². The van der Waals surface area contributed by atoms with E-state index in [-0.39, 0.29) is 164 Å². The molecular weight excluding hydrogens is 2590 g/mol. The van der Waals surface area contributed by atoms with Gasteiger partial charge in [0.1, 0.15) is 0 Å². The van der Waals surface area contributed by atoms with Gasteiger partial charge < -0.3 is 35.5 Å². The molecule has 135 heavy (non-hydrogen) atoms. The number of aromatic nitrogens is 5. The van der Waals surface area contributed by atoms with E-state index in [2.05, 4.69) is 271 Å². The van der Waals surface area contributed by atoms with Crippen LogP contribution in [0.3, 0.4) is 0 Å². The molecule has 0 bridgehead atoms. The molecular formula is C114H110Ir5N5O10S-5. The molecule has 0 unspecified atom stereocenters. The van der Waals surface area contributed by atoms with E-state index in [1.54, 1.807) is 11.3 Å². The molecule has 5 N–H and O–H groups in total. The summed E-state index contributed by atoms with van der Waals surface area (Å²) in [7, 11) is 0. The number of hydrogen-bond donors (Lipinski definition) is 5. The predicted octanol–water partition coefficient (Wildman–Crippen LogP) is 28.2. The SMILES string of the molecule is CC(=O)C=C(C)O.CC(=O)C=C(C)O.CC(=O)C=C(C)O.CC(=O)C=C(C)O.CC(=O)C=C(C)O.CC1(C)c2ccccc2-c2c[c-]c(-c3ccc4ccccc4n3)cc21.Cc1[c-]c(-c2ccc3cc(C)c(C)cc3n2)cc(C)c1.Cc1c[c-]c(-c2nccc3ccccc23)cc1C.Cc1cc2ccccc2[c-]c1-c1ccccn1.[Ir].[Ir].[Ir].[Ir].[Ir].[c-]1ccccc1-c1nccc2sccc12. The number of benzene rings is 10. The zero-order chi connectivity index (χ0) is 94.9. The van der Waals surface area contributed by atoms with Crippen molar-refractivity contribution in [1.29, 1.82) is 0 Å². The fourth-order valence-corrected chi connectivity index (χ4v) is 14.7. The largest absolute Gasteiger partial charge is 0.512 e. The predicted molar refractivity (Wildman–Crippen MR) is 534 cm³/mol. The molecule has 707 valence electrons. The molecule has 15 nitrogen and oxygen atoms in total. The molecule has 1 aliphatic rings. The Labute approximate surface area is 865 Å². The van der Waals surface area contributed by atoms with Crippen LogP contribution in [0.2, 0.25) is 0 Å². The topological polar surface area (TPSA) is 251 Å². The average Bonchev–Trinajstić information content (AvgIpc) is 1.58. The van der Waals surface area contributed by atoms with Crippen molar-refractivity contribution in [2.24, 2.45) is 0 Å². The molecule has 1 aliphatic carbocycles. The van der Waals surface area contributed by atoms with Crippen LogP contribution in [0.15, 0.2) is 320 Å². The van der Waals surface area contributed by atoms with Gasteiger partial charge in [-0.15, -0.1) is 175 Å². The van der Waals surface area contributed by atoms with Crippen molar-refractivity contribution >= 4 is 93.7 Å². The summed E-state index contributed by atoms with van der Waals surface area (Å²) < 4.78 is 1.28. The number of ketones is 5. The minimum absolute atomic E-state index is 0. The summed E-state index contributed by atoms with van der Waals surface area (Å²) in [6, 6.07) is 98.4. The smallest absolute Gasteiger partial charge is 0.155 e. The Morgan fingerprint density at radius 3 is 1.41 bits per heavy atom. The molecule has 0 fully saturated rings. The van der Waals surface area contributed by atoms with Crippen molar-refractivity contribution in [3.63, 3.8) is 0 Å². The Balaban J connectivity index is 0.000000398. The van der Waals surface area contributed by atoms with E-state index >= 15 is 0 Å². The van der Waals surface area contributed by atoms with E-state index in [1.807, 2.05) is 97.5 Å². The maximum atomic E-state index is 10.0. The second-order valence-corrected chi connectivity index (χ2v) is 32.7. The fourth-order valence-electron chi connectivity index (χ4n) is 13.9. The first-order chi connectivity index (χ1) is 61.8. The molecule has 6 heterocycles. The van der Waals surface area contributed by atoms with Gasteiger partial charge in [-0.2, -0.15) is 0 Å². The van der Waals surface area contributed by atoms with E-state index in [1.165, 1.54) is 192 Å².